The van der Waals surface area contributed by atoms with Crippen molar-refractivity contribution >= 4 is 28.8 Å². The third-order valence-electron chi connectivity index (χ3n) is 5.04. The summed E-state index contributed by atoms with van der Waals surface area (Å²) in [5.74, 6) is -0.398. The third kappa shape index (κ3) is 4.75. The van der Waals surface area contributed by atoms with Gasteiger partial charge in [-0.05, 0) is 30.3 Å². The molecule has 1 saturated heterocycles. The lowest BCUT2D eigenvalue weighted by molar-refractivity contribution is -0.117. The van der Waals surface area contributed by atoms with Crippen LogP contribution in [0.5, 0.6) is 0 Å². The Labute approximate surface area is 178 Å². The zero-order valence-electron chi connectivity index (χ0n) is 16.4. The molecule has 7 heteroatoms. The van der Waals surface area contributed by atoms with E-state index in [4.69, 9.17) is 0 Å². The summed E-state index contributed by atoms with van der Waals surface area (Å²) in [7, 11) is 0. The predicted octanol–water partition coefficient (Wildman–Crippen LogP) is 3.95. The Bertz CT molecular complexity index is 1030. The summed E-state index contributed by atoms with van der Waals surface area (Å²) in [5.41, 5.74) is 1.29. The molecule has 1 aliphatic heterocycles. The van der Waals surface area contributed by atoms with Gasteiger partial charge in [-0.25, -0.2) is 4.39 Å². The van der Waals surface area contributed by atoms with Crippen molar-refractivity contribution in [3.05, 3.63) is 77.4 Å². The molecule has 0 unspecified atom stereocenters. The molecule has 0 bridgehead atoms. The highest BCUT2D eigenvalue weighted by Gasteiger charge is 2.24. The highest BCUT2D eigenvalue weighted by molar-refractivity contribution is 7.17. The summed E-state index contributed by atoms with van der Waals surface area (Å²) >= 11 is 1.31. The lowest BCUT2D eigenvalue weighted by Crippen LogP contribution is -2.50. The topological polar surface area (TPSA) is 52.7 Å². The fraction of sp³-hybridized carbons (Fsp3) is 0.217. The lowest BCUT2D eigenvalue weighted by Gasteiger charge is -2.34. The summed E-state index contributed by atoms with van der Waals surface area (Å²) in [5, 5.41) is 2.88. The van der Waals surface area contributed by atoms with Crippen LogP contribution in [0.3, 0.4) is 0 Å². The van der Waals surface area contributed by atoms with Crippen molar-refractivity contribution in [2.75, 3.05) is 38.0 Å². The molecule has 1 aliphatic rings. The zero-order chi connectivity index (χ0) is 20.9. The maximum absolute atomic E-state index is 14.0. The van der Waals surface area contributed by atoms with Crippen molar-refractivity contribution in [2.24, 2.45) is 0 Å². The summed E-state index contributed by atoms with van der Waals surface area (Å²) < 4.78 is 14.0. The van der Waals surface area contributed by atoms with Crippen molar-refractivity contribution in [1.29, 1.82) is 0 Å². The van der Waals surface area contributed by atoms with Gasteiger partial charge in [-0.1, -0.05) is 36.4 Å². The molecule has 1 aromatic heterocycles. The number of nitrogens with one attached hydrogen (secondary N) is 1. The van der Waals surface area contributed by atoms with Gasteiger partial charge in [0.2, 0.25) is 5.91 Å². The van der Waals surface area contributed by atoms with Crippen LogP contribution in [0.1, 0.15) is 9.67 Å². The van der Waals surface area contributed by atoms with E-state index in [-0.39, 0.29) is 17.6 Å². The monoisotopic (exact) mass is 423 g/mol. The number of hydrogen-bond donors (Lipinski definition) is 1. The molecular formula is C23H22FN3O2S. The number of thiophene rings is 1. The molecule has 3 aromatic rings. The Balaban J connectivity index is 1.30. The minimum Gasteiger partial charge on any atom is -0.335 e. The van der Waals surface area contributed by atoms with Gasteiger partial charge in [-0.15, -0.1) is 11.3 Å². The van der Waals surface area contributed by atoms with Gasteiger partial charge < -0.3 is 10.2 Å². The molecule has 0 aliphatic carbocycles. The van der Waals surface area contributed by atoms with E-state index in [0.717, 1.165) is 10.6 Å². The van der Waals surface area contributed by atoms with Gasteiger partial charge >= 0.3 is 0 Å². The Kier molecular flexibility index (Phi) is 6.21. The largest absolute Gasteiger partial charge is 0.335 e. The number of halogens is 1. The number of carbonyl (C=O) groups excluding carboxylic acids is 2. The zero-order valence-corrected chi connectivity index (χ0v) is 17.2. The van der Waals surface area contributed by atoms with Crippen LogP contribution in [-0.2, 0) is 4.79 Å². The Morgan fingerprint density at radius 1 is 0.900 bits per heavy atom. The number of para-hydroxylation sites is 1. The van der Waals surface area contributed by atoms with Gasteiger partial charge in [-0.3, -0.25) is 14.5 Å². The van der Waals surface area contributed by atoms with E-state index in [2.05, 4.69) is 5.32 Å². The van der Waals surface area contributed by atoms with Crippen LogP contribution in [0, 0.1) is 5.82 Å². The van der Waals surface area contributed by atoms with Crippen LogP contribution in [0.2, 0.25) is 0 Å². The van der Waals surface area contributed by atoms with Crippen molar-refractivity contribution in [3.8, 4) is 10.4 Å². The van der Waals surface area contributed by atoms with Gasteiger partial charge in [0.25, 0.3) is 5.91 Å². The highest BCUT2D eigenvalue weighted by Crippen LogP contribution is 2.30. The van der Waals surface area contributed by atoms with Crippen LogP contribution in [0.25, 0.3) is 10.4 Å². The molecule has 1 N–H and O–H groups in total. The van der Waals surface area contributed by atoms with Gasteiger partial charge in [0.15, 0.2) is 0 Å². The quantitative estimate of drug-likeness (QED) is 0.676. The van der Waals surface area contributed by atoms with Gasteiger partial charge in [0, 0.05) is 42.3 Å². The number of anilines is 1. The number of benzene rings is 2. The normalized spacial score (nSPS) is 14.5. The number of hydrogen-bond acceptors (Lipinski definition) is 4. The van der Waals surface area contributed by atoms with Gasteiger partial charge in [0.05, 0.1) is 11.4 Å². The Morgan fingerprint density at radius 2 is 1.60 bits per heavy atom. The average molecular weight is 424 g/mol. The highest BCUT2D eigenvalue weighted by atomic mass is 32.1. The second kappa shape index (κ2) is 9.19. The molecule has 0 saturated carbocycles. The second-order valence-corrected chi connectivity index (χ2v) is 8.21. The van der Waals surface area contributed by atoms with Crippen LogP contribution in [0.4, 0.5) is 10.1 Å². The van der Waals surface area contributed by atoms with Crippen molar-refractivity contribution < 1.29 is 14.0 Å². The fourth-order valence-electron chi connectivity index (χ4n) is 3.45. The number of amides is 2. The summed E-state index contributed by atoms with van der Waals surface area (Å²) in [6.07, 6.45) is 0. The Morgan fingerprint density at radius 3 is 2.33 bits per heavy atom. The van der Waals surface area contributed by atoms with Crippen LogP contribution < -0.4 is 5.32 Å². The van der Waals surface area contributed by atoms with E-state index < -0.39 is 0 Å². The SMILES string of the molecule is O=C(CN1CCN(C(=O)c2ccc(-c3ccccc3F)s2)CC1)Nc1ccccc1. The number of nitrogens with zero attached hydrogens (tertiary/aromatic N) is 2. The number of piperazine rings is 1. The molecule has 154 valence electrons. The van der Waals surface area contributed by atoms with E-state index in [1.807, 2.05) is 35.2 Å². The first-order valence-electron chi connectivity index (χ1n) is 9.81. The lowest BCUT2D eigenvalue weighted by atomic mass is 10.2. The maximum atomic E-state index is 14.0. The third-order valence-corrected chi connectivity index (χ3v) is 6.15. The van der Waals surface area contributed by atoms with Gasteiger partial charge in [0.1, 0.15) is 5.82 Å². The predicted molar refractivity (Wildman–Crippen MR) is 117 cm³/mol. The molecule has 2 heterocycles. The van der Waals surface area contributed by atoms with Crippen molar-refractivity contribution in [2.45, 2.75) is 0 Å². The molecule has 0 spiro atoms. The number of carbonyl (C=O) groups is 2. The van der Waals surface area contributed by atoms with Crippen LogP contribution >= 0.6 is 11.3 Å². The summed E-state index contributed by atoms with van der Waals surface area (Å²) in [6.45, 7) is 2.70. The molecule has 4 rings (SSSR count). The van der Waals surface area contributed by atoms with E-state index in [1.54, 1.807) is 35.2 Å². The second-order valence-electron chi connectivity index (χ2n) is 7.13. The van der Waals surface area contributed by atoms with Gasteiger partial charge in [-0.2, -0.15) is 0 Å². The maximum Gasteiger partial charge on any atom is 0.264 e. The number of rotatable bonds is 5. The fourth-order valence-corrected chi connectivity index (χ4v) is 4.45. The summed E-state index contributed by atoms with van der Waals surface area (Å²) in [6, 6.07) is 19.5. The first kappa shape index (κ1) is 20.3. The van der Waals surface area contributed by atoms with Crippen LogP contribution in [0.15, 0.2) is 66.7 Å². The molecule has 5 nitrogen and oxygen atoms in total. The van der Waals surface area contributed by atoms with E-state index >= 15 is 0 Å². The van der Waals surface area contributed by atoms with Crippen molar-refractivity contribution in [1.82, 2.24) is 9.80 Å². The standard InChI is InChI=1S/C23H22FN3O2S/c24-19-9-5-4-8-18(19)20-10-11-21(30-20)23(29)27-14-12-26(13-15-27)16-22(28)25-17-6-2-1-3-7-17/h1-11H,12-16H2,(H,25,28). The molecule has 1 fully saturated rings. The molecule has 2 aromatic carbocycles. The molecule has 30 heavy (non-hydrogen) atoms. The first-order chi connectivity index (χ1) is 14.6. The molecule has 0 atom stereocenters. The molecular weight excluding hydrogens is 401 g/mol. The first-order valence-corrected chi connectivity index (χ1v) is 10.6. The van der Waals surface area contributed by atoms with Crippen molar-refractivity contribution in [3.63, 3.8) is 0 Å². The van der Waals surface area contributed by atoms with E-state index in [0.29, 0.717) is 43.2 Å². The summed E-state index contributed by atoms with van der Waals surface area (Å²) in [4.78, 5) is 30.2. The van der Waals surface area contributed by atoms with E-state index in [1.165, 1.54) is 17.4 Å². The Hall–Kier alpha value is -3.03. The van der Waals surface area contributed by atoms with Crippen LogP contribution in [-0.4, -0.2) is 54.3 Å². The minimum atomic E-state index is -0.291. The molecule has 0 radical (unpaired) electrons. The van der Waals surface area contributed by atoms with E-state index in [9.17, 15) is 14.0 Å². The minimum absolute atomic E-state index is 0.0454. The average Bonchev–Trinajstić information content (AvgIpc) is 3.25. The molecule has 2 amide bonds. The smallest absolute Gasteiger partial charge is 0.264 e.